The molecular formula is C11H17NO3S. The van der Waals surface area contributed by atoms with Gasteiger partial charge in [-0.2, -0.15) is 0 Å². The Bertz CT molecular complexity index is 429. The minimum Gasteiger partial charge on any atom is -0.384 e. The number of sulfonamides is 1. The smallest absolute Gasteiger partial charge is 0.232 e. The summed E-state index contributed by atoms with van der Waals surface area (Å²) in [5, 5.41) is 0. The van der Waals surface area contributed by atoms with E-state index in [-0.39, 0.29) is 5.75 Å². The van der Waals surface area contributed by atoms with Crippen LogP contribution in [0.5, 0.6) is 0 Å². The van der Waals surface area contributed by atoms with Crippen molar-refractivity contribution in [2.75, 3.05) is 24.2 Å². The van der Waals surface area contributed by atoms with E-state index in [1.165, 1.54) is 0 Å². The number of hydrogen-bond donors (Lipinski definition) is 1. The SMILES string of the molecule is CCS(=O)(=O)Nc1ccccc1CCOC. The molecule has 0 radical (unpaired) electrons. The zero-order valence-electron chi connectivity index (χ0n) is 9.56. The van der Waals surface area contributed by atoms with Crippen LogP contribution >= 0.6 is 0 Å². The van der Waals surface area contributed by atoms with Gasteiger partial charge in [0.1, 0.15) is 0 Å². The van der Waals surface area contributed by atoms with E-state index >= 15 is 0 Å². The highest BCUT2D eigenvalue weighted by atomic mass is 32.2. The fraction of sp³-hybridized carbons (Fsp3) is 0.455. The molecule has 0 aromatic heterocycles. The third kappa shape index (κ3) is 3.83. The lowest BCUT2D eigenvalue weighted by Gasteiger charge is -2.11. The standard InChI is InChI=1S/C11H17NO3S/c1-3-16(13,14)12-11-7-5-4-6-10(11)8-9-15-2/h4-7,12H,3,8-9H2,1-2H3. The summed E-state index contributed by atoms with van der Waals surface area (Å²) >= 11 is 0. The number of benzene rings is 1. The summed E-state index contributed by atoms with van der Waals surface area (Å²) in [6, 6.07) is 7.35. The molecule has 1 aromatic rings. The first-order valence-corrected chi connectivity index (χ1v) is 6.81. The van der Waals surface area contributed by atoms with Gasteiger partial charge >= 0.3 is 0 Å². The molecule has 1 N–H and O–H groups in total. The highest BCUT2D eigenvalue weighted by Gasteiger charge is 2.09. The molecular weight excluding hydrogens is 226 g/mol. The van der Waals surface area contributed by atoms with Gasteiger partial charge in [-0.3, -0.25) is 4.72 Å². The largest absolute Gasteiger partial charge is 0.384 e. The first kappa shape index (κ1) is 13.0. The van der Waals surface area contributed by atoms with Gasteiger partial charge in [-0.05, 0) is 25.0 Å². The molecule has 0 fully saturated rings. The Labute approximate surface area is 96.7 Å². The van der Waals surface area contributed by atoms with Crippen molar-refractivity contribution in [2.24, 2.45) is 0 Å². The van der Waals surface area contributed by atoms with Gasteiger partial charge in [-0.25, -0.2) is 8.42 Å². The maximum absolute atomic E-state index is 11.5. The second kappa shape index (κ2) is 5.86. The van der Waals surface area contributed by atoms with E-state index < -0.39 is 10.0 Å². The van der Waals surface area contributed by atoms with Crippen LogP contribution in [0.15, 0.2) is 24.3 Å². The quantitative estimate of drug-likeness (QED) is 0.826. The Kier molecular flexibility index (Phi) is 4.76. The molecule has 0 unspecified atom stereocenters. The van der Waals surface area contributed by atoms with E-state index in [0.717, 1.165) is 5.56 Å². The summed E-state index contributed by atoms with van der Waals surface area (Å²) in [5.74, 6) is 0.0750. The number of rotatable bonds is 6. The molecule has 5 heteroatoms. The molecule has 0 aliphatic carbocycles. The van der Waals surface area contributed by atoms with Crippen molar-refractivity contribution in [2.45, 2.75) is 13.3 Å². The molecule has 1 rings (SSSR count). The average molecular weight is 243 g/mol. The van der Waals surface area contributed by atoms with Gasteiger partial charge in [-0.15, -0.1) is 0 Å². The van der Waals surface area contributed by atoms with Gasteiger partial charge in [0.15, 0.2) is 0 Å². The highest BCUT2D eigenvalue weighted by Crippen LogP contribution is 2.17. The molecule has 16 heavy (non-hydrogen) atoms. The summed E-state index contributed by atoms with van der Waals surface area (Å²) in [6.07, 6.45) is 0.693. The molecule has 1 aromatic carbocycles. The lowest BCUT2D eigenvalue weighted by atomic mass is 10.1. The molecule has 0 saturated heterocycles. The summed E-state index contributed by atoms with van der Waals surface area (Å²) < 4.78 is 30.4. The van der Waals surface area contributed by atoms with Gasteiger partial charge < -0.3 is 4.74 Å². The Morgan fingerprint density at radius 2 is 2.00 bits per heavy atom. The summed E-state index contributed by atoms with van der Waals surface area (Å²) in [6.45, 7) is 2.19. The van der Waals surface area contributed by atoms with Gasteiger partial charge in [0.25, 0.3) is 0 Å². The Hall–Kier alpha value is -1.07. The van der Waals surface area contributed by atoms with E-state index in [2.05, 4.69) is 4.72 Å². The normalized spacial score (nSPS) is 11.4. The molecule has 0 amide bonds. The van der Waals surface area contributed by atoms with Crippen LogP contribution in [0.1, 0.15) is 12.5 Å². The molecule has 90 valence electrons. The highest BCUT2D eigenvalue weighted by molar-refractivity contribution is 7.92. The van der Waals surface area contributed by atoms with Gasteiger partial charge in [0.2, 0.25) is 10.0 Å². The van der Waals surface area contributed by atoms with Crippen LogP contribution in [-0.4, -0.2) is 27.9 Å². The summed E-state index contributed by atoms with van der Waals surface area (Å²) in [5.41, 5.74) is 1.59. The predicted molar refractivity (Wildman–Crippen MR) is 65.1 cm³/mol. The number of methoxy groups -OCH3 is 1. The number of anilines is 1. The van der Waals surface area contributed by atoms with Crippen LogP contribution in [0.4, 0.5) is 5.69 Å². The molecule has 0 aliphatic heterocycles. The van der Waals surface area contributed by atoms with Crippen LogP contribution < -0.4 is 4.72 Å². The minimum absolute atomic E-state index is 0.0750. The first-order chi connectivity index (χ1) is 7.59. The van der Waals surface area contributed by atoms with Crippen molar-refractivity contribution >= 4 is 15.7 Å². The average Bonchev–Trinajstić information content (AvgIpc) is 2.27. The lowest BCUT2D eigenvalue weighted by molar-refractivity contribution is 0.202. The molecule has 0 bridgehead atoms. The van der Waals surface area contributed by atoms with Crippen molar-refractivity contribution in [3.8, 4) is 0 Å². The molecule has 0 spiro atoms. The molecule has 0 aliphatic rings. The summed E-state index contributed by atoms with van der Waals surface area (Å²) in [7, 11) is -1.59. The summed E-state index contributed by atoms with van der Waals surface area (Å²) in [4.78, 5) is 0. The van der Waals surface area contributed by atoms with Crippen molar-refractivity contribution in [3.05, 3.63) is 29.8 Å². The molecule has 0 saturated carbocycles. The van der Waals surface area contributed by atoms with E-state index in [1.807, 2.05) is 18.2 Å². The van der Waals surface area contributed by atoms with Crippen molar-refractivity contribution in [1.82, 2.24) is 0 Å². The third-order valence-electron chi connectivity index (χ3n) is 2.24. The Morgan fingerprint density at radius 3 is 2.62 bits per heavy atom. The zero-order chi connectivity index (χ0) is 12.0. The zero-order valence-corrected chi connectivity index (χ0v) is 10.4. The fourth-order valence-corrected chi connectivity index (χ4v) is 1.97. The number of para-hydroxylation sites is 1. The predicted octanol–water partition coefficient (Wildman–Crippen LogP) is 1.64. The first-order valence-electron chi connectivity index (χ1n) is 5.16. The molecule has 0 atom stereocenters. The van der Waals surface area contributed by atoms with Crippen LogP contribution in [0, 0.1) is 0 Å². The Morgan fingerprint density at radius 1 is 1.31 bits per heavy atom. The van der Waals surface area contributed by atoms with E-state index in [9.17, 15) is 8.42 Å². The van der Waals surface area contributed by atoms with E-state index in [0.29, 0.717) is 18.7 Å². The van der Waals surface area contributed by atoms with Gasteiger partial charge in [0, 0.05) is 7.11 Å². The van der Waals surface area contributed by atoms with Crippen molar-refractivity contribution in [1.29, 1.82) is 0 Å². The topological polar surface area (TPSA) is 55.4 Å². The number of hydrogen-bond acceptors (Lipinski definition) is 3. The second-order valence-electron chi connectivity index (χ2n) is 3.41. The Balaban J connectivity index is 2.86. The van der Waals surface area contributed by atoms with Crippen LogP contribution in [0.25, 0.3) is 0 Å². The van der Waals surface area contributed by atoms with E-state index in [4.69, 9.17) is 4.74 Å². The van der Waals surface area contributed by atoms with Gasteiger partial charge in [-0.1, -0.05) is 18.2 Å². The lowest BCUT2D eigenvalue weighted by Crippen LogP contribution is -2.16. The maximum atomic E-state index is 11.5. The fourth-order valence-electron chi connectivity index (χ4n) is 1.29. The third-order valence-corrected chi connectivity index (χ3v) is 3.53. The number of ether oxygens (including phenoxy) is 1. The number of nitrogens with one attached hydrogen (secondary N) is 1. The van der Waals surface area contributed by atoms with Crippen molar-refractivity contribution in [3.63, 3.8) is 0 Å². The second-order valence-corrected chi connectivity index (χ2v) is 5.42. The molecule has 0 heterocycles. The van der Waals surface area contributed by atoms with E-state index in [1.54, 1.807) is 20.1 Å². The monoisotopic (exact) mass is 243 g/mol. The van der Waals surface area contributed by atoms with Gasteiger partial charge in [0.05, 0.1) is 18.0 Å². The van der Waals surface area contributed by atoms with Crippen molar-refractivity contribution < 1.29 is 13.2 Å². The van der Waals surface area contributed by atoms with Crippen LogP contribution in [-0.2, 0) is 21.2 Å². The maximum Gasteiger partial charge on any atom is 0.232 e. The van der Waals surface area contributed by atoms with Crippen LogP contribution in [0.3, 0.4) is 0 Å². The molecule has 4 nitrogen and oxygen atoms in total. The van der Waals surface area contributed by atoms with Crippen LogP contribution in [0.2, 0.25) is 0 Å². The minimum atomic E-state index is -3.21.